The van der Waals surface area contributed by atoms with Gasteiger partial charge in [0.1, 0.15) is 0 Å². The van der Waals surface area contributed by atoms with Crippen LogP contribution in [0.2, 0.25) is 0 Å². The van der Waals surface area contributed by atoms with Gasteiger partial charge in [0.25, 0.3) is 0 Å². The van der Waals surface area contributed by atoms with Crippen molar-refractivity contribution < 1.29 is 9.90 Å². The maximum Gasteiger partial charge on any atom is 0.314 e. The lowest BCUT2D eigenvalue weighted by Gasteiger charge is -2.26. The second-order valence-corrected chi connectivity index (χ2v) is 5.45. The molecule has 0 saturated carbocycles. The lowest BCUT2D eigenvalue weighted by atomic mass is 9.84. The summed E-state index contributed by atoms with van der Waals surface area (Å²) in [5.74, 6) is 0.634. The molecule has 3 N–H and O–H groups in total. The molecule has 0 aromatic rings. The van der Waals surface area contributed by atoms with Crippen LogP contribution in [0.15, 0.2) is 0 Å². The quantitative estimate of drug-likeness (QED) is 0.583. The minimum atomic E-state index is -0.148. The van der Waals surface area contributed by atoms with Crippen LogP contribution in [0.4, 0.5) is 4.79 Å². The Hall–Kier alpha value is -0.770. The Kier molecular flexibility index (Phi) is 7.13. The van der Waals surface area contributed by atoms with Crippen molar-refractivity contribution in [3.63, 3.8) is 0 Å². The van der Waals surface area contributed by atoms with Crippen molar-refractivity contribution in [3.05, 3.63) is 0 Å². The smallest absolute Gasteiger partial charge is 0.314 e. The number of urea groups is 1. The maximum atomic E-state index is 11.3. The fourth-order valence-electron chi connectivity index (χ4n) is 1.84. The fourth-order valence-corrected chi connectivity index (χ4v) is 1.84. The highest BCUT2D eigenvalue weighted by molar-refractivity contribution is 5.73. The van der Waals surface area contributed by atoms with Crippen LogP contribution in [0, 0.1) is 11.3 Å². The summed E-state index contributed by atoms with van der Waals surface area (Å²) in [5, 5.41) is 14.1. The van der Waals surface area contributed by atoms with E-state index in [4.69, 9.17) is 5.11 Å². The van der Waals surface area contributed by atoms with E-state index in [1.165, 1.54) is 0 Å². The first kappa shape index (κ1) is 15.2. The highest BCUT2D eigenvalue weighted by Gasteiger charge is 2.19. The Labute approximate surface area is 98.8 Å². The van der Waals surface area contributed by atoms with E-state index in [1.54, 1.807) is 0 Å². The fraction of sp³-hybridized carbons (Fsp3) is 0.917. The molecule has 0 aromatic heterocycles. The average Bonchev–Trinajstić information content (AvgIpc) is 2.13. The molecule has 96 valence electrons. The van der Waals surface area contributed by atoms with Gasteiger partial charge < -0.3 is 15.7 Å². The number of rotatable bonds is 7. The van der Waals surface area contributed by atoms with Crippen molar-refractivity contribution in [2.45, 2.75) is 40.5 Å². The first-order valence-corrected chi connectivity index (χ1v) is 6.00. The number of aliphatic hydroxyl groups is 1. The molecule has 0 unspecified atom stereocenters. The molecule has 0 radical (unpaired) electrons. The highest BCUT2D eigenvalue weighted by atomic mass is 16.3. The molecule has 4 heteroatoms. The predicted molar refractivity (Wildman–Crippen MR) is 66.3 cm³/mol. The Balaban J connectivity index is 3.72. The average molecular weight is 230 g/mol. The predicted octanol–water partition coefficient (Wildman–Crippen LogP) is 1.74. The van der Waals surface area contributed by atoms with Crippen molar-refractivity contribution in [2.75, 3.05) is 19.7 Å². The third kappa shape index (κ3) is 8.53. The van der Waals surface area contributed by atoms with Crippen molar-refractivity contribution in [1.82, 2.24) is 10.6 Å². The summed E-state index contributed by atoms with van der Waals surface area (Å²) in [6.45, 7) is 9.98. The van der Waals surface area contributed by atoms with Gasteiger partial charge in [-0.3, -0.25) is 0 Å². The molecule has 0 spiro atoms. The Morgan fingerprint density at radius 3 is 2.44 bits per heavy atom. The molecular weight excluding hydrogens is 204 g/mol. The number of aliphatic hydroxyl groups excluding tert-OH is 1. The van der Waals surface area contributed by atoms with Gasteiger partial charge in [-0.1, -0.05) is 27.7 Å². The number of hydrogen-bond donors (Lipinski definition) is 3. The van der Waals surface area contributed by atoms with E-state index in [0.29, 0.717) is 25.4 Å². The van der Waals surface area contributed by atoms with Crippen LogP contribution in [0.25, 0.3) is 0 Å². The number of hydrogen-bond acceptors (Lipinski definition) is 2. The summed E-state index contributed by atoms with van der Waals surface area (Å²) in [6, 6.07) is -0.148. The van der Waals surface area contributed by atoms with Gasteiger partial charge in [0.05, 0.1) is 0 Å². The zero-order valence-electron chi connectivity index (χ0n) is 11.0. The van der Waals surface area contributed by atoms with Crippen molar-refractivity contribution in [1.29, 1.82) is 0 Å². The van der Waals surface area contributed by atoms with Crippen molar-refractivity contribution in [2.24, 2.45) is 11.3 Å². The summed E-state index contributed by atoms with van der Waals surface area (Å²) in [6.07, 6.45) is 1.69. The molecule has 0 saturated heterocycles. The van der Waals surface area contributed by atoms with Gasteiger partial charge in [-0.05, 0) is 24.2 Å². The lowest BCUT2D eigenvalue weighted by molar-refractivity contribution is 0.225. The summed E-state index contributed by atoms with van der Waals surface area (Å²) < 4.78 is 0. The molecular formula is C12H26N2O2. The molecule has 0 rings (SSSR count). The molecule has 0 aliphatic rings. The summed E-state index contributed by atoms with van der Waals surface area (Å²) in [4.78, 5) is 11.3. The third-order valence-corrected chi connectivity index (χ3v) is 2.31. The Bertz CT molecular complexity index is 203. The van der Waals surface area contributed by atoms with Crippen molar-refractivity contribution in [3.8, 4) is 0 Å². The molecule has 0 heterocycles. The van der Waals surface area contributed by atoms with Gasteiger partial charge in [-0.15, -0.1) is 0 Å². The number of amides is 2. The van der Waals surface area contributed by atoms with E-state index in [0.717, 1.165) is 6.42 Å². The lowest BCUT2D eigenvalue weighted by Crippen LogP contribution is -2.41. The molecule has 16 heavy (non-hydrogen) atoms. The van der Waals surface area contributed by atoms with E-state index >= 15 is 0 Å². The van der Waals surface area contributed by atoms with E-state index in [1.807, 2.05) is 0 Å². The SMILES string of the molecule is CC(C)CC(C)(C)CNC(=O)NCCCO. The molecule has 0 aliphatic carbocycles. The summed E-state index contributed by atoms with van der Waals surface area (Å²) in [7, 11) is 0. The molecule has 2 amide bonds. The van der Waals surface area contributed by atoms with E-state index in [2.05, 4.69) is 38.3 Å². The molecule has 0 aromatic carbocycles. The maximum absolute atomic E-state index is 11.3. The molecule has 0 fully saturated rings. The van der Waals surface area contributed by atoms with Crippen LogP contribution in [-0.4, -0.2) is 30.8 Å². The molecule has 0 atom stereocenters. The van der Waals surface area contributed by atoms with E-state index in [-0.39, 0.29) is 18.1 Å². The second-order valence-electron chi connectivity index (χ2n) is 5.45. The van der Waals surface area contributed by atoms with Gasteiger partial charge in [0.15, 0.2) is 0 Å². The summed E-state index contributed by atoms with van der Waals surface area (Å²) in [5.41, 5.74) is 0.127. The van der Waals surface area contributed by atoms with Crippen LogP contribution in [0.5, 0.6) is 0 Å². The number of carbonyl (C=O) groups excluding carboxylic acids is 1. The second kappa shape index (κ2) is 7.49. The van der Waals surface area contributed by atoms with E-state index < -0.39 is 0 Å². The minimum Gasteiger partial charge on any atom is -0.396 e. The Morgan fingerprint density at radius 1 is 1.31 bits per heavy atom. The zero-order chi connectivity index (χ0) is 12.6. The third-order valence-electron chi connectivity index (χ3n) is 2.31. The van der Waals surface area contributed by atoms with Crippen LogP contribution < -0.4 is 10.6 Å². The normalized spacial score (nSPS) is 11.6. The molecule has 0 bridgehead atoms. The number of nitrogens with one attached hydrogen (secondary N) is 2. The largest absolute Gasteiger partial charge is 0.396 e. The van der Waals surface area contributed by atoms with Gasteiger partial charge in [-0.25, -0.2) is 4.79 Å². The standard InChI is InChI=1S/C12H26N2O2/c1-10(2)8-12(3,4)9-14-11(16)13-6-5-7-15/h10,15H,5-9H2,1-4H3,(H2,13,14,16). The van der Waals surface area contributed by atoms with Crippen LogP contribution >= 0.6 is 0 Å². The van der Waals surface area contributed by atoms with Crippen LogP contribution in [-0.2, 0) is 0 Å². The van der Waals surface area contributed by atoms with Crippen LogP contribution in [0.1, 0.15) is 40.5 Å². The highest BCUT2D eigenvalue weighted by Crippen LogP contribution is 2.23. The van der Waals surface area contributed by atoms with E-state index in [9.17, 15) is 4.79 Å². The van der Waals surface area contributed by atoms with Gasteiger partial charge >= 0.3 is 6.03 Å². The van der Waals surface area contributed by atoms with Gasteiger partial charge in [0, 0.05) is 19.7 Å². The summed E-state index contributed by atoms with van der Waals surface area (Å²) >= 11 is 0. The van der Waals surface area contributed by atoms with Crippen molar-refractivity contribution >= 4 is 6.03 Å². The minimum absolute atomic E-state index is 0.110. The van der Waals surface area contributed by atoms with Gasteiger partial charge in [0.2, 0.25) is 0 Å². The number of carbonyl (C=O) groups is 1. The topological polar surface area (TPSA) is 61.4 Å². The zero-order valence-corrected chi connectivity index (χ0v) is 11.0. The monoisotopic (exact) mass is 230 g/mol. The Morgan fingerprint density at radius 2 is 1.94 bits per heavy atom. The van der Waals surface area contributed by atoms with Gasteiger partial charge in [-0.2, -0.15) is 0 Å². The first-order chi connectivity index (χ1) is 7.37. The molecule has 4 nitrogen and oxygen atoms in total. The first-order valence-electron chi connectivity index (χ1n) is 6.00. The molecule has 0 aliphatic heterocycles. The van der Waals surface area contributed by atoms with Crippen LogP contribution in [0.3, 0.4) is 0 Å².